The molecule has 1 saturated heterocycles. The molecule has 4 heteroatoms. The van der Waals surface area contributed by atoms with Crippen LogP contribution < -0.4 is 0 Å². The first-order chi connectivity index (χ1) is 9.36. The second kappa shape index (κ2) is 6.04. The average Bonchev–Trinajstić information content (AvgIpc) is 2.89. The van der Waals surface area contributed by atoms with Gasteiger partial charge < -0.3 is 0 Å². The van der Waals surface area contributed by atoms with E-state index in [1.54, 1.807) is 5.54 Å². The lowest BCUT2D eigenvalue weighted by atomic mass is 9.97. The smallest absolute Gasteiger partial charge is 0.0970 e. The summed E-state index contributed by atoms with van der Waals surface area (Å²) in [5, 5.41) is 1.31. The van der Waals surface area contributed by atoms with Gasteiger partial charge in [0.1, 0.15) is 0 Å². The number of halogens is 1. The van der Waals surface area contributed by atoms with Crippen molar-refractivity contribution in [3.63, 3.8) is 0 Å². The first-order valence-corrected chi connectivity index (χ1v) is 7.95. The molecule has 0 bridgehead atoms. The van der Waals surface area contributed by atoms with E-state index in [1.807, 2.05) is 17.4 Å². The van der Waals surface area contributed by atoms with Crippen molar-refractivity contribution < 1.29 is 0 Å². The Labute approximate surface area is 122 Å². The number of fused-ring (bicyclic) bond motifs is 1. The van der Waals surface area contributed by atoms with Gasteiger partial charge >= 0.3 is 0 Å². The molecule has 19 heavy (non-hydrogen) atoms. The number of thiazole rings is 1. The van der Waals surface area contributed by atoms with Crippen LogP contribution in [0.1, 0.15) is 23.8 Å². The van der Waals surface area contributed by atoms with Crippen LogP contribution in [0.2, 0.25) is 0 Å². The quantitative estimate of drug-likeness (QED) is 0.842. The van der Waals surface area contributed by atoms with Gasteiger partial charge in [0, 0.05) is 18.0 Å². The van der Waals surface area contributed by atoms with Gasteiger partial charge in [-0.2, -0.15) is 0 Å². The molecule has 0 unspecified atom stereocenters. The molecule has 0 radical (unpaired) electrons. The van der Waals surface area contributed by atoms with Crippen molar-refractivity contribution in [2.45, 2.75) is 18.8 Å². The van der Waals surface area contributed by atoms with Crippen molar-refractivity contribution in [1.29, 1.82) is 0 Å². The highest BCUT2D eigenvalue weighted by atomic mass is 35.5. The van der Waals surface area contributed by atoms with Crippen LogP contribution in [0.3, 0.4) is 0 Å². The summed E-state index contributed by atoms with van der Waals surface area (Å²) < 4.78 is 1.31. The normalized spacial score (nSPS) is 18.6. The first-order valence-electron chi connectivity index (χ1n) is 6.70. The van der Waals surface area contributed by atoms with Crippen molar-refractivity contribution >= 4 is 33.2 Å². The highest BCUT2D eigenvalue weighted by Crippen LogP contribution is 2.33. The molecule has 100 valence electrons. The molecule has 1 aliphatic heterocycles. The zero-order valence-corrected chi connectivity index (χ0v) is 12.3. The molecule has 0 aliphatic carbocycles. The van der Waals surface area contributed by atoms with E-state index in [9.17, 15) is 0 Å². The minimum absolute atomic E-state index is 0.633. The van der Waals surface area contributed by atoms with Crippen LogP contribution in [0.5, 0.6) is 0 Å². The van der Waals surface area contributed by atoms with E-state index in [0.717, 1.165) is 25.2 Å². The summed E-state index contributed by atoms with van der Waals surface area (Å²) in [6.45, 7) is 3.25. The Balaban J connectivity index is 1.67. The van der Waals surface area contributed by atoms with Gasteiger partial charge in [-0.15, -0.1) is 11.3 Å². The fourth-order valence-corrected chi connectivity index (χ4v) is 3.83. The Morgan fingerprint density at radius 2 is 2.11 bits per heavy atom. The number of para-hydroxylation sites is 1. The molecule has 3 rings (SSSR count). The van der Waals surface area contributed by atoms with Crippen LogP contribution in [0.4, 0.5) is 0 Å². The Hall–Kier alpha value is -0.900. The van der Waals surface area contributed by atoms with Gasteiger partial charge in [-0.05, 0) is 38.1 Å². The SMILES string of the molecule is Cl/C=C/CN1CCC(c2nc3ccccc3s2)CC1. The minimum atomic E-state index is 0.633. The van der Waals surface area contributed by atoms with Crippen LogP contribution in [0.25, 0.3) is 10.2 Å². The predicted molar refractivity (Wildman–Crippen MR) is 83.0 cm³/mol. The van der Waals surface area contributed by atoms with Crippen molar-refractivity contribution in [2.75, 3.05) is 19.6 Å². The van der Waals surface area contributed by atoms with Crippen molar-refractivity contribution in [3.8, 4) is 0 Å². The van der Waals surface area contributed by atoms with Gasteiger partial charge in [-0.3, -0.25) is 4.90 Å². The van der Waals surface area contributed by atoms with Crippen molar-refractivity contribution in [2.24, 2.45) is 0 Å². The molecule has 2 aromatic rings. The van der Waals surface area contributed by atoms with Gasteiger partial charge in [0.05, 0.1) is 15.2 Å². The number of benzene rings is 1. The maximum atomic E-state index is 5.57. The zero-order valence-electron chi connectivity index (χ0n) is 10.8. The third kappa shape index (κ3) is 2.99. The molecule has 2 nitrogen and oxygen atoms in total. The number of hydrogen-bond acceptors (Lipinski definition) is 3. The van der Waals surface area contributed by atoms with Gasteiger partial charge in [0.2, 0.25) is 0 Å². The largest absolute Gasteiger partial charge is 0.300 e. The van der Waals surface area contributed by atoms with Crippen LogP contribution in [0, 0.1) is 0 Å². The summed E-state index contributed by atoms with van der Waals surface area (Å²) in [5.74, 6) is 0.633. The zero-order chi connectivity index (χ0) is 13.1. The van der Waals surface area contributed by atoms with E-state index in [4.69, 9.17) is 16.6 Å². The summed E-state index contributed by atoms with van der Waals surface area (Å²) in [4.78, 5) is 7.24. The molecule has 2 heterocycles. The highest BCUT2D eigenvalue weighted by Gasteiger charge is 2.22. The molecule has 0 amide bonds. The molecule has 0 atom stereocenters. The standard InChI is InChI=1S/C15H17ClN2S/c16-8-3-9-18-10-6-12(7-11-18)15-17-13-4-1-2-5-14(13)19-15/h1-5,8,12H,6-7,9-11H2/b8-3+. The molecular formula is C15H17ClN2S. The lowest BCUT2D eigenvalue weighted by molar-refractivity contribution is 0.232. The summed E-state index contributed by atoms with van der Waals surface area (Å²) >= 11 is 7.43. The molecule has 0 spiro atoms. The van der Waals surface area contributed by atoms with Gasteiger partial charge in [0.25, 0.3) is 0 Å². The second-order valence-corrected chi connectivity index (χ2v) is 6.27. The number of nitrogens with zero attached hydrogens (tertiary/aromatic N) is 2. The van der Waals surface area contributed by atoms with Crippen LogP contribution >= 0.6 is 22.9 Å². The molecule has 1 aromatic carbocycles. The number of rotatable bonds is 3. The number of hydrogen-bond donors (Lipinski definition) is 0. The molecular weight excluding hydrogens is 276 g/mol. The van der Waals surface area contributed by atoms with Crippen molar-refractivity contribution in [1.82, 2.24) is 9.88 Å². The minimum Gasteiger partial charge on any atom is -0.300 e. The Bertz CT molecular complexity index is 537. The van der Waals surface area contributed by atoms with Crippen LogP contribution in [0.15, 0.2) is 35.9 Å². The molecule has 1 fully saturated rings. The monoisotopic (exact) mass is 292 g/mol. The number of aromatic nitrogens is 1. The maximum Gasteiger partial charge on any atom is 0.0970 e. The topological polar surface area (TPSA) is 16.1 Å². The van der Waals surface area contributed by atoms with E-state index in [1.165, 1.54) is 22.5 Å². The number of likely N-dealkylation sites (tertiary alicyclic amines) is 1. The Morgan fingerprint density at radius 1 is 1.32 bits per heavy atom. The molecule has 1 aromatic heterocycles. The first kappa shape index (κ1) is 13.1. The lowest BCUT2D eigenvalue weighted by Gasteiger charge is -2.30. The summed E-state index contributed by atoms with van der Waals surface area (Å²) in [5.41, 5.74) is 2.76. The Kier molecular flexibility index (Phi) is 4.16. The van der Waals surface area contributed by atoms with Crippen LogP contribution in [-0.4, -0.2) is 29.5 Å². The highest BCUT2D eigenvalue weighted by molar-refractivity contribution is 7.18. The fraction of sp³-hybridized carbons (Fsp3) is 0.400. The van der Waals surface area contributed by atoms with Gasteiger partial charge in [-0.1, -0.05) is 29.8 Å². The van der Waals surface area contributed by atoms with E-state index >= 15 is 0 Å². The Morgan fingerprint density at radius 3 is 2.84 bits per heavy atom. The summed E-state index contributed by atoms with van der Waals surface area (Å²) in [7, 11) is 0. The van der Waals surface area contributed by atoms with Gasteiger partial charge in [0.15, 0.2) is 0 Å². The third-order valence-electron chi connectivity index (χ3n) is 3.70. The van der Waals surface area contributed by atoms with E-state index in [-0.39, 0.29) is 0 Å². The lowest BCUT2D eigenvalue weighted by Crippen LogP contribution is -2.32. The molecule has 0 N–H and O–H groups in total. The van der Waals surface area contributed by atoms with E-state index in [0.29, 0.717) is 5.92 Å². The predicted octanol–water partition coefficient (Wildman–Crippen LogP) is 4.23. The third-order valence-corrected chi connectivity index (χ3v) is 5.08. The molecule has 1 aliphatic rings. The van der Waals surface area contributed by atoms with E-state index < -0.39 is 0 Å². The molecule has 0 saturated carbocycles. The van der Waals surface area contributed by atoms with Crippen molar-refractivity contribution in [3.05, 3.63) is 40.9 Å². The summed E-state index contributed by atoms with van der Waals surface area (Å²) in [6.07, 6.45) is 4.42. The van der Waals surface area contributed by atoms with Crippen LogP contribution in [-0.2, 0) is 0 Å². The van der Waals surface area contributed by atoms with E-state index in [2.05, 4.69) is 29.2 Å². The number of piperidine rings is 1. The maximum absolute atomic E-state index is 5.57. The summed E-state index contributed by atoms with van der Waals surface area (Å²) in [6, 6.07) is 8.42. The van der Waals surface area contributed by atoms with Gasteiger partial charge in [-0.25, -0.2) is 4.98 Å². The second-order valence-electron chi connectivity index (χ2n) is 4.96. The fourth-order valence-electron chi connectivity index (χ4n) is 2.62. The average molecular weight is 293 g/mol.